The molecule has 1 saturated heterocycles. The molecule has 1 amide bonds. The van der Waals surface area contributed by atoms with Crippen molar-refractivity contribution < 1.29 is 14.3 Å². The van der Waals surface area contributed by atoms with Gasteiger partial charge in [0.1, 0.15) is 11.6 Å². The number of rotatable bonds is 8. The monoisotopic (exact) mass is 467 g/mol. The molecule has 1 aromatic heterocycles. The number of amides is 1. The van der Waals surface area contributed by atoms with E-state index in [0.29, 0.717) is 46.0 Å². The van der Waals surface area contributed by atoms with Crippen molar-refractivity contribution >= 4 is 40.6 Å². The number of halogens is 2. The number of carbonyl (C=O) groups is 1. The van der Waals surface area contributed by atoms with E-state index in [1.807, 2.05) is 0 Å². The maximum atomic E-state index is 12.9. The van der Waals surface area contributed by atoms with Crippen molar-refractivity contribution in [2.24, 2.45) is 0 Å². The van der Waals surface area contributed by atoms with Crippen LogP contribution in [0.2, 0.25) is 10.0 Å². The third-order valence-electron chi connectivity index (χ3n) is 5.30. The predicted octanol–water partition coefficient (Wildman–Crippen LogP) is 2.91. The summed E-state index contributed by atoms with van der Waals surface area (Å²) in [5.41, 5.74) is 6.51. The van der Waals surface area contributed by atoms with E-state index in [4.69, 9.17) is 38.4 Å². The zero-order valence-corrected chi connectivity index (χ0v) is 19.0. The fourth-order valence-electron chi connectivity index (χ4n) is 3.60. The fraction of sp³-hybridized carbons (Fsp3) is 0.429. The Morgan fingerprint density at radius 2 is 2.13 bits per heavy atom. The molecule has 4 N–H and O–H groups in total. The highest BCUT2D eigenvalue weighted by Crippen LogP contribution is 2.29. The highest BCUT2D eigenvalue weighted by molar-refractivity contribution is 6.33. The van der Waals surface area contributed by atoms with Crippen LogP contribution < -0.4 is 21.1 Å². The number of methoxy groups -OCH3 is 2. The first-order valence-electron chi connectivity index (χ1n) is 9.96. The summed E-state index contributed by atoms with van der Waals surface area (Å²) in [5.74, 6) is 0.779. The fourth-order valence-corrected chi connectivity index (χ4v) is 3.95. The van der Waals surface area contributed by atoms with Crippen molar-refractivity contribution in [1.82, 2.24) is 15.2 Å². The molecule has 0 unspecified atom stereocenters. The predicted molar refractivity (Wildman–Crippen MR) is 123 cm³/mol. The van der Waals surface area contributed by atoms with Crippen LogP contribution >= 0.6 is 23.2 Å². The second kappa shape index (κ2) is 10.9. The van der Waals surface area contributed by atoms with E-state index in [0.717, 1.165) is 19.5 Å². The minimum absolute atomic E-state index is 0.132. The second-order valence-electron chi connectivity index (χ2n) is 7.28. The first kappa shape index (κ1) is 23.4. The number of hydrogen-bond acceptors (Lipinski definition) is 7. The zero-order chi connectivity index (χ0) is 22.4. The Balaban J connectivity index is 1.56. The molecular weight excluding hydrogens is 441 g/mol. The number of aromatic nitrogens is 1. The van der Waals surface area contributed by atoms with Gasteiger partial charge in [-0.05, 0) is 24.6 Å². The number of anilines is 2. The van der Waals surface area contributed by atoms with E-state index in [-0.39, 0.29) is 18.1 Å². The minimum Gasteiger partial charge on any atom is -0.496 e. The SMILES string of the molecule is COc1cc(N)c(Cl)cc1C(=O)N[C@@H]1CCN(CCNc2ncccc2Cl)C[C@@H]1OC. The Hall–Kier alpha value is -2.26. The number of benzene rings is 1. The normalized spacial score (nSPS) is 19.1. The second-order valence-corrected chi connectivity index (χ2v) is 8.09. The quantitative estimate of drug-likeness (QED) is 0.512. The lowest BCUT2D eigenvalue weighted by atomic mass is 10.0. The Bertz CT molecular complexity index is 915. The third-order valence-corrected chi connectivity index (χ3v) is 5.94. The summed E-state index contributed by atoms with van der Waals surface area (Å²) in [4.78, 5) is 19.4. The van der Waals surface area contributed by atoms with Crippen LogP contribution in [0, 0.1) is 0 Å². The van der Waals surface area contributed by atoms with Crippen LogP contribution in [0.5, 0.6) is 5.75 Å². The lowest BCUT2D eigenvalue weighted by molar-refractivity contribution is 0.00762. The largest absolute Gasteiger partial charge is 0.496 e. The number of hydrogen-bond donors (Lipinski definition) is 3. The molecule has 2 aromatic rings. The molecule has 0 saturated carbocycles. The summed E-state index contributed by atoms with van der Waals surface area (Å²) in [6, 6.07) is 6.54. The van der Waals surface area contributed by atoms with E-state index in [1.165, 1.54) is 13.2 Å². The maximum absolute atomic E-state index is 12.9. The maximum Gasteiger partial charge on any atom is 0.255 e. The molecule has 1 fully saturated rings. The summed E-state index contributed by atoms with van der Waals surface area (Å²) in [6.45, 7) is 3.01. The standard InChI is InChI=1S/C21H27Cl2N5O3/c1-30-18-11-16(24)15(23)10-13(18)21(29)27-17-5-8-28(12-19(17)31-2)9-7-26-20-14(22)4-3-6-25-20/h3-4,6,10-11,17,19H,5,7-9,12,24H2,1-2H3,(H,25,26)(H,27,29)/t17-,19+/m1/s1. The summed E-state index contributed by atoms with van der Waals surface area (Å²) in [5, 5.41) is 7.21. The molecule has 2 heterocycles. The van der Waals surface area contributed by atoms with E-state index >= 15 is 0 Å². The Morgan fingerprint density at radius 3 is 2.84 bits per heavy atom. The molecule has 1 aromatic carbocycles. The Morgan fingerprint density at radius 1 is 1.32 bits per heavy atom. The van der Waals surface area contributed by atoms with Crippen LogP contribution in [0.15, 0.2) is 30.5 Å². The molecule has 1 aliphatic rings. The molecular formula is C21H27Cl2N5O3. The van der Waals surface area contributed by atoms with Gasteiger partial charge in [0.05, 0.1) is 40.6 Å². The van der Waals surface area contributed by atoms with E-state index in [1.54, 1.807) is 31.5 Å². The highest BCUT2D eigenvalue weighted by Gasteiger charge is 2.31. The van der Waals surface area contributed by atoms with Crippen LogP contribution in [0.4, 0.5) is 11.5 Å². The number of carbonyl (C=O) groups excluding carboxylic acids is 1. The molecule has 168 valence electrons. The molecule has 2 atom stereocenters. The first-order valence-corrected chi connectivity index (χ1v) is 10.7. The summed E-state index contributed by atoms with van der Waals surface area (Å²) < 4.78 is 11.0. The van der Waals surface area contributed by atoms with Crippen molar-refractivity contribution in [3.63, 3.8) is 0 Å². The third kappa shape index (κ3) is 5.92. The van der Waals surface area contributed by atoms with Gasteiger partial charge in [-0.2, -0.15) is 0 Å². The molecule has 8 nitrogen and oxygen atoms in total. The van der Waals surface area contributed by atoms with Crippen LogP contribution in [0.25, 0.3) is 0 Å². The first-order chi connectivity index (χ1) is 14.9. The van der Waals surface area contributed by atoms with Crippen molar-refractivity contribution in [2.45, 2.75) is 18.6 Å². The van der Waals surface area contributed by atoms with Crippen molar-refractivity contribution in [3.8, 4) is 5.75 Å². The van der Waals surface area contributed by atoms with Gasteiger partial charge in [0.15, 0.2) is 0 Å². The van der Waals surface area contributed by atoms with Gasteiger partial charge in [-0.25, -0.2) is 4.98 Å². The van der Waals surface area contributed by atoms with Crippen LogP contribution in [0.3, 0.4) is 0 Å². The summed E-state index contributed by atoms with van der Waals surface area (Å²) >= 11 is 12.2. The van der Waals surface area contributed by atoms with Crippen molar-refractivity contribution in [3.05, 3.63) is 46.1 Å². The van der Waals surface area contributed by atoms with Gasteiger partial charge in [0.2, 0.25) is 0 Å². The van der Waals surface area contributed by atoms with Crippen LogP contribution in [0.1, 0.15) is 16.8 Å². The number of pyridine rings is 1. The number of likely N-dealkylation sites (tertiary alicyclic amines) is 1. The molecule has 3 rings (SSSR count). The molecule has 10 heteroatoms. The van der Waals surface area contributed by atoms with E-state index in [9.17, 15) is 4.79 Å². The van der Waals surface area contributed by atoms with Gasteiger partial charge >= 0.3 is 0 Å². The Kier molecular flexibility index (Phi) is 8.20. The number of ether oxygens (including phenoxy) is 2. The summed E-state index contributed by atoms with van der Waals surface area (Å²) in [7, 11) is 3.14. The number of piperidine rings is 1. The van der Waals surface area contributed by atoms with Gasteiger partial charge in [0.25, 0.3) is 5.91 Å². The molecule has 0 radical (unpaired) electrons. The average Bonchev–Trinajstić information content (AvgIpc) is 2.77. The number of nitrogens with zero attached hydrogens (tertiary/aromatic N) is 2. The number of nitrogens with one attached hydrogen (secondary N) is 2. The Labute approximate surface area is 192 Å². The van der Waals surface area contributed by atoms with Crippen LogP contribution in [-0.4, -0.2) is 68.3 Å². The topological polar surface area (TPSA) is 102 Å². The smallest absolute Gasteiger partial charge is 0.255 e. The van der Waals surface area contributed by atoms with E-state index < -0.39 is 0 Å². The van der Waals surface area contributed by atoms with Gasteiger partial charge < -0.3 is 25.8 Å². The molecule has 31 heavy (non-hydrogen) atoms. The van der Waals surface area contributed by atoms with Gasteiger partial charge in [-0.1, -0.05) is 23.2 Å². The molecule has 0 aliphatic carbocycles. The lowest BCUT2D eigenvalue weighted by Crippen LogP contribution is -2.55. The summed E-state index contributed by atoms with van der Waals surface area (Å²) in [6.07, 6.45) is 2.30. The van der Waals surface area contributed by atoms with Gasteiger partial charge in [-0.15, -0.1) is 0 Å². The van der Waals surface area contributed by atoms with Crippen molar-refractivity contribution in [2.75, 3.05) is 51.4 Å². The lowest BCUT2D eigenvalue weighted by Gasteiger charge is -2.38. The zero-order valence-electron chi connectivity index (χ0n) is 17.5. The molecule has 0 spiro atoms. The van der Waals surface area contributed by atoms with Crippen molar-refractivity contribution in [1.29, 1.82) is 0 Å². The number of nitrogens with two attached hydrogens (primary N) is 1. The number of nitrogen functional groups attached to an aromatic ring is 1. The van der Waals surface area contributed by atoms with Crippen LogP contribution in [-0.2, 0) is 4.74 Å². The highest BCUT2D eigenvalue weighted by atomic mass is 35.5. The van der Waals surface area contributed by atoms with Gasteiger partial charge in [-0.3, -0.25) is 9.69 Å². The molecule has 0 bridgehead atoms. The van der Waals surface area contributed by atoms with E-state index in [2.05, 4.69) is 20.5 Å². The van der Waals surface area contributed by atoms with Gasteiger partial charge in [0, 0.05) is 45.6 Å². The minimum atomic E-state index is -0.272. The molecule has 1 aliphatic heterocycles. The average molecular weight is 468 g/mol.